The molecule has 20 heavy (non-hydrogen) atoms. The minimum Gasteiger partial charge on any atom is -0.322 e. The summed E-state index contributed by atoms with van der Waals surface area (Å²) in [5.74, 6) is -0.268. The summed E-state index contributed by atoms with van der Waals surface area (Å²) < 4.78 is 14.2. The lowest BCUT2D eigenvalue weighted by molar-refractivity contribution is 0.0908. The number of benzene rings is 1. The van der Waals surface area contributed by atoms with Crippen LogP contribution in [0.25, 0.3) is 0 Å². The first-order valence-electron chi connectivity index (χ1n) is 7.59. The molecule has 1 heterocycles. The maximum Gasteiger partial charge on any atom is 0.129 e. The molecule has 4 heteroatoms. The number of nitrogens with zero attached hydrogens (tertiary/aromatic N) is 1. The van der Waals surface area contributed by atoms with E-state index >= 15 is 0 Å². The van der Waals surface area contributed by atoms with Gasteiger partial charge in [0.25, 0.3) is 0 Å². The Morgan fingerprint density at radius 1 is 1.15 bits per heavy atom. The van der Waals surface area contributed by atoms with E-state index in [9.17, 15) is 4.39 Å². The van der Waals surface area contributed by atoms with Crippen LogP contribution in [0.15, 0.2) is 18.2 Å². The van der Waals surface area contributed by atoms with Crippen molar-refractivity contribution in [3.8, 4) is 0 Å². The van der Waals surface area contributed by atoms with E-state index in [0.29, 0.717) is 10.6 Å². The molecule has 0 spiro atoms. The van der Waals surface area contributed by atoms with E-state index in [0.717, 1.165) is 25.9 Å². The van der Waals surface area contributed by atoms with Crippen molar-refractivity contribution in [2.45, 2.75) is 50.1 Å². The molecule has 1 atom stereocenters. The Kier molecular flexibility index (Phi) is 4.02. The highest BCUT2D eigenvalue weighted by Crippen LogP contribution is 2.45. The standard InChI is InChI=1S/C16H22ClFN2/c17-12-5-6-13(14(18)11-12)15(19)16(7-1-2-8-16)20-9-3-4-10-20/h5-6,11,15H,1-4,7-10,19H2. The zero-order valence-electron chi connectivity index (χ0n) is 11.7. The van der Waals surface area contributed by atoms with Gasteiger partial charge >= 0.3 is 0 Å². The normalized spacial score (nSPS) is 24.1. The van der Waals surface area contributed by atoms with Gasteiger partial charge in [0.05, 0.1) is 6.04 Å². The Morgan fingerprint density at radius 2 is 1.80 bits per heavy atom. The summed E-state index contributed by atoms with van der Waals surface area (Å²) >= 11 is 5.85. The highest BCUT2D eigenvalue weighted by atomic mass is 35.5. The topological polar surface area (TPSA) is 29.3 Å². The average molecular weight is 297 g/mol. The fourth-order valence-corrected chi connectivity index (χ4v) is 4.18. The molecule has 110 valence electrons. The van der Waals surface area contributed by atoms with E-state index in [4.69, 9.17) is 17.3 Å². The molecule has 1 aromatic rings. The Balaban J connectivity index is 1.94. The van der Waals surface area contributed by atoms with Crippen molar-refractivity contribution in [2.24, 2.45) is 5.73 Å². The summed E-state index contributed by atoms with van der Waals surface area (Å²) in [4.78, 5) is 2.51. The lowest BCUT2D eigenvalue weighted by atomic mass is 9.82. The van der Waals surface area contributed by atoms with E-state index in [2.05, 4.69) is 4.90 Å². The fourth-order valence-electron chi connectivity index (χ4n) is 4.02. The highest BCUT2D eigenvalue weighted by molar-refractivity contribution is 6.30. The summed E-state index contributed by atoms with van der Waals surface area (Å²) in [5.41, 5.74) is 7.10. The van der Waals surface area contributed by atoms with Gasteiger partial charge in [-0.1, -0.05) is 30.5 Å². The maximum atomic E-state index is 14.2. The largest absolute Gasteiger partial charge is 0.322 e. The number of likely N-dealkylation sites (tertiary alicyclic amines) is 1. The van der Waals surface area contributed by atoms with Crippen molar-refractivity contribution >= 4 is 11.6 Å². The molecule has 1 unspecified atom stereocenters. The monoisotopic (exact) mass is 296 g/mol. The van der Waals surface area contributed by atoms with Gasteiger partial charge < -0.3 is 5.73 Å². The minimum atomic E-state index is -0.268. The highest BCUT2D eigenvalue weighted by Gasteiger charge is 2.46. The second-order valence-electron chi connectivity index (χ2n) is 6.15. The second kappa shape index (κ2) is 5.63. The minimum absolute atomic E-state index is 0.0504. The molecule has 3 rings (SSSR count). The molecule has 1 aliphatic carbocycles. The summed E-state index contributed by atoms with van der Waals surface area (Å²) in [6.07, 6.45) is 7.01. The van der Waals surface area contributed by atoms with Crippen molar-refractivity contribution in [2.75, 3.05) is 13.1 Å². The van der Waals surface area contributed by atoms with Crippen LogP contribution in [0.5, 0.6) is 0 Å². The van der Waals surface area contributed by atoms with Crippen LogP contribution in [0.2, 0.25) is 5.02 Å². The molecule has 1 saturated carbocycles. The summed E-state index contributed by atoms with van der Waals surface area (Å²) in [6.45, 7) is 2.20. The average Bonchev–Trinajstić information content (AvgIpc) is 3.10. The van der Waals surface area contributed by atoms with Crippen LogP contribution < -0.4 is 5.73 Å². The molecule has 2 nitrogen and oxygen atoms in total. The van der Waals surface area contributed by atoms with Gasteiger partial charge in [-0.3, -0.25) is 4.90 Å². The van der Waals surface area contributed by atoms with Gasteiger partial charge in [0, 0.05) is 16.1 Å². The predicted molar refractivity (Wildman–Crippen MR) is 80.3 cm³/mol. The van der Waals surface area contributed by atoms with E-state index in [1.165, 1.54) is 31.7 Å². The van der Waals surface area contributed by atoms with Crippen LogP contribution >= 0.6 is 11.6 Å². The van der Waals surface area contributed by atoms with Gasteiger partial charge in [0.1, 0.15) is 5.82 Å². The van der Waals surface area contributed by atoms with Gasteiger partial charge in [0.2, 0.25) is 0 Å². The second-order valence-corrected chi connectivity index (χ2v) is 6.58. The maximum absolute atomic E-state index is 14.2. The van der Waals surface area contributed by atoms with E-state index in [1.807, 2.05) is 0 Å². The number of hydrogen-bond acceptors (Lipinski definition) is 2. The summed E-state index contributed by atoms with van der Waals surface area (Å²) in [5, 5.41) is 0.431. The quantitative estimate of drug-likeness (QED) is 0.917. The Morgan fingerprint density at radius 3 is 2.40 bits per heavy atom. The number of rotatable bonds is 3. The number of hydrogen-bond donors (Lipinski definition) is 1. The summed E-state index contributed by atoms with van der Waals surface area (Å²) in [6, 6.07) is 4.62. The van der Waals surface area contributed by atoms with Crippen molar-refractivity contribution in [1.82, 2.24) is 4.90 Å². The van der Waals surface area contributed by atoms with Gasteiger partial charge in [-0.05, 0) is 50.9 Å². The Bertz CT molecular complexity index is 479. The first-order chi connectivity index (χ1) is 9.63. The molecule has 1 aliphatic heterocycles. The molecule has 0 amide bonds. The van der Waals surface area contributed by atoms with Gasteiger partial charge in [-0.2, -0.15) is 0 Å². The third kappa shape index (κ3) is 2.36. The van der Waals surface area contributed by atoms with Crippen LogP contribution in [-0.2, 0) is 0 Å². The molecule has 1 saturated heterocycles. The molecule has 0 radical (unpaired) electrons. The lowest BCUT2D eigenvalue weighted by Crippen LogP contribution is -2.52. The lowest BCUT2D eigenvalue weighted by Gasteiger charge is -2.43. The zero-order chi connectivity index (χ0) is 14.2. The smallest absolute Gasteiger partial charge is 0.129 e. The SMILES string of the molecule is NC(c1ccc(Cl)cc1F)C1(N2CCCC2)CCCC1. The van der Waals surface area contributed by atoms with Crippen molar-refractivity contribution in [3.63, 3.8) is 0 Å². The van der Waals surface area contributed by atoms with Gasteiger partial charge in [0.15, 0.2) is 0 Å². The Hall–Kier alpha value is -0.640. The zero-order valence-corrected chi connectivity index (χ0v) is 12.5. The molecule has 0 aromatic heterocycles. The van der Waals surface area contributed by atoms with Gasteiger partial charge in [-0.15, -0.1) is 0 Å². The van der Waals surface area contributed by atoms with Crippen molar-refractivity contribution in [3.05, 3.63) is 34.6 Å². The molecule has 2 fully saturated rings. The third-order valence-corrected chi connectivity index (χ3v) is 5.32. The first kappa shape index (κ1) is 14.3. The fraction of sp³-hybridized carbons (Fsp3) is 0.625. The van der Waals surface area contributed by atoms with E-state index in [1.54, 1.807) is 12.1 Å². The summed E-state index contributed by atoms with van der Waals surface area (Å²) in [7, 11) is 0. The van der Waals surface area contributed by atoms with Crippen LogP contribution in [0, 0.1) is 5.82 Å². The molecule has 0 bridgehead atoms. The Labute approximate surface area is 125 Å². The molecular formula is C16H22ClFN2. The number of halogens is 2. The first-order valence-corrected chi connectivity index (χ1v) is 7.97. The third-order valence-electron chi connectivity index (χ3n) is 5.08. The number of nitrogens with two attached hydrogens (primary N) is 1. The van der Waals surface area contributed by atoms with E-state index in [-0.39, 0.29) is 17.4 Å². The van der Waals surface area contributed by atoms with E-state index < -0.39 is 0 Å². The molecule has 1 aromatic carbocycles. The molecule has 2 aliphatic rings. The predicted octanol–water partition coefficient (Wildman–Crippen LogP) is 3.89. The van der Waals surface area contributed by atoms with Crippen LogP contribution in [0.3, 0.4) is 0 Å². The van der Waals surface area contributed by atoms with Crippen LogP contribution in [0.4, 0.5) is 4.39 Å². The van der Waals surface area contributed by atoms with Gasteiger partial charge in [-0.25, -0.2) is 4.39 Å². The molecular weight excluding hydrogens is 275 g/mol. The van der Waals surface area contributed by atoms with Crippen molar-refractivity contribution < 1.29 is 4.39 Å². The van der Waals surface area contributed by atoms with Crippen molar-refractivity contribution in [1.29, 1.82) is 0 Å². The van der Waals surface area contributed by atoms with Crippen LogP contribution in [-0.4, -0.2) is 23.5 Å². The molecule has 2 N–H and O–H groups in total. The van der Waals surface area contributed by atoms with Crippen LogP contribution in [0.1, 0.15) is 50.1 Å².